The number of anilines is 3. The molecule has 0 aliphatic rings. The topological polar surface area (TPSA) is 66.0 Å². The lowest BCUT2D eigenvalue weighted by Crippen LogP contribution is -2.17. The molecule has 0 atom stereocenters. The Morgan fingerprint density at radius 2 is 1.87 bits per heavy atom. The summed E-state index contributed by atoms with van der Waals surface area (Å²) < 4.78 is 39.8. The average molecular weight is 430 g/mol. The van der Waals surface area contributed by atoms with Crippen molar-refractivity contribution in [1.29, 1.82) is 0 Å². The highest BCUT2D eigenvalue weighted by atomic mass is 19.4. The van der Waals surface area contributed by atoms with E-state index in [1.807, 2.05) is 20.2 Å². The van der Waals surface area contributed by atoms with Crippen molar-refractivity contribution in [3.8, 4) is 11.3 Å². The van der Waals surface area contributed by atoms with Crippen LogP contribution in [0.15, 0.2) is 48.8 Å². The smallest absolute Gasteiger partial charge is 0.354 e. The predicted octanol–water partition coefficient (Wildman–Crippen LogP) is 4.97. The second kappa shape index (κ2) is 9.74. The van der Waals surface area contributed by atoms with Gasteiger partial charge in [-0.1, -0.05) is 6.07 Å². The molecule has 0 bridgehead atoms. The minimum Gasteiger partial charge on any atom is -0.354 e. The highest BCUT2D eigenvalue weighted by Crippen LogP contribution is 2.35. The molecule has 0 aliphatic heterocycles. The van der Waals surface area contributed by atoms with Crippen molar-refractivity contribution < 1.29 is 13.2 Å². The minimum absolute atomic E-state index is 0.108. The monoisotopic (exact) mass is 430 g/mol. The van der Waals surface area contributed by atoms with Crippen LogP contribution in [0.4, 0.5) is 30.6 Å². The minimum atomic E-state index is -4.42. The van der Waals surface area contributed by atoms with Crippen LogP contribution in [-0.4, -0.2) is 47.0 Å². The molecule has 1 aromatic carbocycles. The summed E-state index contributed by atoms with van der Waals surface area (Å²) in [6.45, 7) is 3.01. The fourth-order valence-corrected chi connectivity index (χ4v) is 3.06. The maximum atomic E-state index is 13.3. The summed E-state index contributed by atoms with van der Waals surface area (Å²) in [5, 5.41) is 6.22. The van der Waals surface area contributed by atoms with Crippen molar-refractivity contribution in [2.45, 2.75) is 19.5 Å². The number of benzene rings is 1. The number of hydrogen-bond acceptors (Lipinski definition) is 6. The standard InChI is InChI=1S/C22H25F3N6/c1-15-17(22(23,24)25)8-4-9-18(15)28-20-13-19(16-7-5-10-26-14-16)29-21(30-20)27-11-6-12-31(2)3/h4-5,7-10,13-14H,6,11-12H2,1-3H3,(H2,27,28,29,30). The Balaban J connectivity index is 1.91. The number of halogens is 3. The van der Waals surface area contributed by atoms with Crippen LogP contribution in [0.3, 0.4) is 0 Å². The average Bonchev–Trinajstić information content (AvgIpc) is 2.72. The summed E-state index contributed by atoms with van der Waals surface area (Å²) in [7, 11) is 4.00. The number of nitrogens with zero attached hydrogens (tertiary/aromatic N) is 4. The molecule has 3 rings (SSSR count). The quantitative estimate of drug-likeness (QED) is 0.492. The highest BCUT2D eigenvalue weighted by Gasteiger charge is 2.32. The molecule has 164 valence electrons. The summed E-state index contributed by atoms with van der Waals surface area (Å²) in [5.74, 6) is 0.790. The number of hydrogen-bond donors (Lipinski definition) is 2. The van der Waals surface area contributed by atoms with Gasteiger partial charge in [-0.15, -0.1) is 0 Å². The zero-order chi connectivity index (χ0) is 22.4. The SMILES string of the molecule is Cc1c(Nc2cc(-c3cccnc3)nc(NCCCN(C)C)n2)cccc1C(F)(F)F. The van der Waals surface area contributed by atoms with Crippen molar-refractivity contribution >= 4 is 17.5 Å². The van der Waals surface area contributed by atoms with E-state index in [1.54, 1.807) is 30.6 Å². The van der Waals surface area contributed by atoms with Gasteiger partial charge in [0.2, 0.25) is 5.95 Å². The van der Waals surface area contributed by atoms with Gasteiger partial charge in [0.15, 0.2) is 0 Å². The predicted molar refractivity (Wildman–Crippen MR) is 116 cm³/mol. The van der Waals surface area contributed by atoms with Gasteiger partial charge in [0.1, 0.15) is 5.82 Å². The molecule has 2 aromatic heterocycles. The van der Waals surface area contributed by atoms with E-state index in [0.717, 1.165) is 24.6 Å². The Labute approximate surface area is 179 Å². The zero-order valence-electron chi connectivity index (χ0n) is 17.7. The highest BCUT2D eigenvalue weighted by molar-refractivity contribution is 5.68. The van der Waals surface area contributed by atoms with E-state index in [1.165, 1.54) is 13.0 Å². The first-order valence-electron chi connectivity index (χ1n) is 9.86. The van der Waals surface area contributed by atoms with Crippen LogP contribution >= 0.6 is 0 Å². The molecule has 0 saturated heterocycles. The molecular formula is C22H25F3N6. The first-order valence-corrected chi connectivity index (χ1v) is 9.86. The lowest BCUT2D eigenvalue weighted by atomic mass is 10.1. The van der Waals surface area contributed by atoms with Crippen LogP contribution in [0.2, 0.25) is 0 Å². The molecule has 0 fully saturated rings. The van der Waals surface area contributed by atoms with E-state index < -0.39 is 11.7 Å². The van der Waals surface area contributed by atoms with Gasteiger partial charge in [-0.05, 0) is 63.8 Å². The van der Waals surface area contributed by atoms with Crippen molar-refractivity contribution in [3.05, 3.63) is 59.9 Å². The largest absolute Gasteiger partial charge is 0.416 e. The Bertz CT molecular complexity index is 1010. The summed E-state index contributed by atoms with van der Waals surface area (Å²) in [4.78, 5) is 15.2. The van der Waals surface area contributed by atoms with Gasteiger partial charge in [0.05, 0.1) is 11.3 Å². The van der Waals surface area contributed by atoms with Gasteiger partial charge in [0.25, 0.3) is 0 Å². The van der Waals surface area contributed by atoms with Crippen molar-refractivity contribution in [3.63, 3.8) is 0 Å². The lowest BCUT2D eigenvalue weighted by Gasteiger charge is -2.16. The first-order chi connectivity index (χ1) is 14.7. The molecule has 0 saturated carbocycles. The number of aromatic nitrogens is 3. The summed E-state index contributed by atoms with van der Waals surface area (Å²) in [5.41, 5.74) is 1.16. The van der Waals surface area contributed by atoms with Gasteiger partial charge < -0.3 is 15.5 Å². The summed E-state index contributed by atoms with van der Waals surface area (Å²) >= 11 is 0. The molecule has 0 amide bonds. The number of alkyl halides is 3. The maximum Gasteiger partial charge on any atom is 0.416 e. The summed E-state index contributed by atoms with van der Waals surface area (Å²) in [6.07, 6.45) is -0.190. The normalized spacial score (nSPS) is 11.6. The Hall–Kier alpha value is -3.20. The van der Waals surface area contributed by atoms with Crippen LogP contribution in [0.1, 0.15) is 17.5 Å². The molecule has 6 nitrogen and oxygen atoms in total. The van der Waals surface area contributed by atoms with E-state index in [-0.39, 0.29) is 5.56 Å². The second-order valence-electron chi connectivity index (χ2n) is 7.39. The maximum absolute atomic E-state index is 13.3. The number of rotatable bonds is 8. The third kappa shape index (κ3) is 6.14. The van der Waals surface area contributed by atoms with Gasteiger partial charge in [0, 0.05) is 36.3 Å². The zero-order valence-corrected chi connectivity index (χ0v) is 17.7. The third-order valence-corrected chi connectivity index (χ3v) is 4.65. The van der Waals surface area contributed by atoms with Crippen molar-refractivity contribution in [2.24, 2.45) is 0 Å². The van der Waals surface area contributed by atoms with E-state index in [0.29, 0.717) is 29.7 Å². The third-order valence-electron chi connectivity index (χ3n) is 4.65. The summed E-state index contributed by atoms with van der Waals surface area (Å²) in [6, 6.07) is 9.40. The number of nitrogens with one attached hydrogen (secondary N) is 2. The molecule has 9 heteroatoms. The fourth-order valence-electron chi connectivity index (χ4n) is 3.06. The lowest BCUT2D eigenvalue weighted by molar-refractivity contribution is -0.138. The number of pyridine rings is 1. The molecule has 2 N–H and O–H groups in total. The molecule has 0 spiro atoms. The molecule has 0 unspecified atom stereocenters. The van der Waals surface area contributed by atoms with Gasteiger partial charge >= 0.3 is 6.18 Å². The van der Waals surface area contributed by atoms with Crippen molar-refractivity contribution in [1.82, 2.24) is 19.9 Å². The molecule has 0 aliphatic carbocycles. The first kappa shape index (κ1) is 22.5. The van der Waals surface area contributed by atoms with Crippen LogP contribution < -0.4 is 10.6 Å². The molecule has 3 aromatic rings. The molecular weight excluding hydrogens is 405 g/mol. The van der Waals surface area contributed by atoms with Crippen LogP contribution in [0.25, 0.3) is 11.3 Å². The van der Waals surface area contributed by atoms with Gasteiger partial charge in [-0.3, -0.25) is 4.98 Å². The fraction of sp³-hybridized carbons (Fsp3) is 0.318. The van der Waals surface area contributed by atoms with Gasteiger partial charge in [-0.25, -0.2) is 4.98 Å². The molecule has 0 radical (unpaired) electrons. The Kier molecular flexibility index (Phi) is 7.06. The van der Waals surface area contributed by atoms with Crippen LogP contribution in [0, 0.1) is 6.92 Å². The van der Waals surface area contributed by atoms with Crippen LogP contribution in [-0.2, 0) is 6.18 Å². The van der Waals surface area contributed by atoms with E-state index in [4.69, 9.17) is 0 Å². The van der Waals surface area contributed by atoms with Gasteiger partial charge in [-0.2, -0.15) is 18.2 Å². The van der Waals surface area contributed by atoms with E-state index in [2.05, 4.69) is 30.5 Å². The molecule has 2 heterocycles. The van der Waals surface area contributed by atoms with E-state index in [9.17, 15) is 13.2 Å². The second-order valence-corrected chi connectivity index (χ2v) is 7.39. The van der Waals surface area contributed by atoms with Crippen LogP contribution in [0.5, 0.6) is 0 Å². The Morgan fingerprint density at radius 3 is 2.55 bits per heavy atom. The van der Waals surface area contributed by atoms with Crippen molar-refractivity contribution in [2.75, 3.05) is 37.8 Å². The Morgan fingerprint density at radius 1 is 1.06 bits per heavy atom. The molecule has 31 heavy (non-hydrogen) atoms. The van der Waals surface area contributed by atoms with E-state index >= 15 is 0 Å².